The lowest BCUT2D eigenvalue weighted by Gasteiger charge is -2.11. The number of anilines is 1. The molecule has 0 unspecified atom stereocenters. The van der Waals surface area contributed by atoms with E-state index in [1.54, 1.807) is 11.5 Å². The highest BCUT2D eigenvalue weighted by Crippen LogP contribution is 2.12. The molecular formula is C19H19N3O2. The van der Waals surface area contributed by atoms with Gasteiger partial charge >= 0.3 is 0 Å². The van der Waals surface area contributed by atoms with Crippen molar-refractivity contribution in [3.63, 3.8) is 0 Å². The minimum atomic E-state index is -0.156. The molecular weight excluding hydrogens is 302 g/mol. The molecule has 5 heteroatoms. The van der Waals surface area contributed by atoms with E-state index in [2.05, 4.69) is 10.3 Å². The summed E-state index contributed by atoms with van der Waals surface area (Å²) in [6.07, 6.45) is 0.223. The fourth-order valence-electron chi connectivity index (χ4n) is 2.62. The maximum Gasteiger partial charge on any atom is 0.272 e. The van der Waals surface area contributed by atoms with Crippen LogP contribution in [0.25, 0.3) is 11.0 Å². The lowest BCUT2D eigenvalue weighted by atomic mass is 10.2. The van der Waals surface area contributed by atoms with Gasteiger partial charge in [-0.15, -0.1) is 0 Å². The Morgan fingerprint density at radius 1 is 1.08 bits per heavy atom. The van der Waals surface area contributed by atoms with Crippen LogP contribution < -0.4 is 10.9 Å². The van der Waals surface area contributed by atoms with Crippen LogP contribution in [-0.2, 0) is 11.3 Å². The molecule has 1 N–H and O–H groups in total. The number of carbonyl (C=O) groups excluding carboxylic acids is 1. The molecule has 2 aromatic carbocycles. The van der Waals surface area contributed by atoms with E-state index in [1.165, 1.54) is 0 Å². The van der Waals surface area contributed by atoms with Crippen molar-refractivity contribution in [1.29, 1.82) is 0 Å². The van der Waals surface area contributed by atoms with E-state index in [0.29, 0.717) is 12.2 Å². The van der Waals surface area contributed by atoms with Gasteiger partial charge in [-0.05, 0) is 38.1 Å². The van der Waals surface area contributed by atoms with E-state index in [1.807, 2.05) is 55.5 Å². The minimum absolute atomic E-state index is 0.121. The maximum absolute atomic E-state index is 12.4. The Kier molecular flexibility index (Phi) is 4.42. The van der Waals surface area contributed by atoms with Gasteiger partial charge in [0.05, 0.1) is 11.0 Å². The Morgan fingerprint density at radius 2 is 1.79 bits per heavy atom. The van der Waals surface area contributed by atoms with Crippen molar-refractivity contribution in [3.05, 3.63) is 70.1 Å². The Hall–Kier alpha value is -2.95. The number of fused-ring (bicyclic) bond motifs is 1. The molecule has 3 aromatic rings. The molecule has 0 radical (unpaired) electrons. The zero-order chi connectivity index (χ0) is 17.1. The van der Waals surface area contributed by atoms with E-state index in [4.69, 9.17) is 0 Å². The van der Waals surface area contributed by atoms with Crippen LogP contribution in [0.5, 0.6) is 0 Å². The van der Waals surface area contributed by atoms with Crippen molar-refractivity contribution in [1.82, 2.24) is 9.55 Å². The summed E-state index contributed by atoms with van der Waals surface area (Å²) in [6.45, 7) is 4.01. The summed E-state index contributed by atoms with van der Waals surface area (Å²) in [5.74, 6) is -0.121. The van der Waals surface area contributed by atoms with Gasteiger partial charge in [-0.2, -0.15) is 0 Å². The molecule has 0 aliphatic carbocycles. The Labute approximate surface area is 140 Å². The fourth-order valence-corrected chi connectivity index (χ4v) is 2.62. The van der Waals surface area contributed by atoms with Crippen LogP contribution in [0.15, 0.2) is 53.3 Å². The molecule has 0 fully saturated rings. The van der Waals surface area contributed by atoms with Crippen molar-refractivity contribution < 1.29 is 4.79 Å². The van der Waals surface area contributed by atoms with Gasteiger partial charge in [0.25, 0.3) is 5.56 Å². The number of rotatable bonds is 4. The molecule has 0 aliphatic rings. The summed E-state index contributed by atoms with van der Waals surface area (Å²) >= 11 is 0. The maximum atomic E-state index is 12.4. The van der Waals surface area contributed by atoms with Crippen molar-refractivity contribution >= 4 is 22.6 Å². The third-order valence-electron chi connectivity index (χ3n) is 3.91. The summed E-state index contributed by atoms with van der Waals surface area (Å²) in [6, 6.07) is 15.1. The van der Waals surface area contributed by atoms with E-state index < -0.39 is 0 Å². The van der Waals surface area contributed by atoms with Crippen LogP contribution in [0.1, 0.15) is 17.7 Å². The lowest BCUT2D eigenvalue weighted by molar-refractivity contribution is -0.116. The van der Waals surface area contributed by atoms with Crippen molar-refractivity contribution in [2.75, 3.05) is 5.32 Å². The first-order valence-corrected chi connectivity index (χ1v) is 7.87. The smallest absolute Gasteiger partial charge is 0.272 e. The third-order valence-corrected chi connectivity index (χ3v) is 3.91. The normalized spacial score (nSPS) is 10.8. The number of hydrogen-bond donors (Lipinski definition) is 1. The summed E-state index contributed by atoms with van der Waals surface area (Å²) in [5, 5.41) is 2.85. The van der Waals surface area contributed by atoms with Gasteiger partial charge < -0.3 is 9.88 Å². The van der Waals surface area contributed by atoms with Crippen molar-refractivity contribution in [3.8, 4) is 0 Å². The second-order valence-corrected chi connectivity index (χ2v) is 5.81. The molecule has 0 bridgehead atoms. The Morgan fingerprint density at radius 3 is 2.54 bits per heavy atom. The van der Waals surface area contributed by atoms with Crippen molar-refractivity contribution in [2.45, 2.75) is 26.8 Å². The first-order chi connectivity index (χ1) is 11.5. The molecule has 5 nitrogen and oxygen atoms in total. The summed E-state index contributed by atoms with van der Waals surface area (Å²) in [7, 11) is 0. The van der Waals surface area contributed by atoms with Gasteiger partial charge in [0, 0.05) is 18.7 Å². The number of benzene rings is 2. The molecule has 0 atom stereocenters. The number of nitrogens with zero attached hydrogens (tertiary/aromatic N) is 2. The number of para-hydroxylation sites is 2. The largest absolute Gasteiger partial charge is 0.326 e. The van der Waals surface area contributed by atoms with E-state index in [-0.39, 0.29) is 17.9 Å². The summed E-state index contributed by atoms with van der Waals surface area (Å²) < 4.78 is 1.62. The van der Waals surface area contributed by atoms with Gasteiger partial charge in [-0.1, -0.05) is 29.8 Å². The Balaban J connectivity index is 1.78. The van der Waals surface area contributed by atoms with E-state index >= 15 is 0 Å². The van der Waals surface area contributed by atoms with Gasteiger partial charge in [-0.25, -0.2) is 4.98 Å². The van der Waals surface area contributed by atoms with Gasteiger partial charge in [0.1, 0.15) is 5.69 Å². The first-order valence-electron chi connectivity index (χ1n) is 7.87. The first kappa shape index (κ1) is 15.9. The Bertz CT molecular complexity index is 943. The topological polar surface area (TPSA) is 64.0 Å². The monoisotopic (exact) mass is 321 g/mol. The van der Waals surface area contributed by atoms with Crippen LogP contribution >= 0.6 is 0 Å². The molecule has 0 aliphatic heterocycles. The number of hydrogen-bond acceptors (Lipinski definition) is 3. The zero-order valence-corrected chi connectivity index (χ0v) is 13.7. The zero-order valence-electron chi connectivity index (χ0n) is 13.7. The number of nitrogens with one attached hydrogen (secondary N) is 1. The number of aryl methyl sites for hydroxylation is 3. The van der Waals surface area contributed by atoms with Crippen LogP contribution in [-0.4, -0.2) is 15.5 Å². The fraction of sp³-hybridized carbons (Fsp3) is 0.211. The molecule has 0 saturated heterocycles. The third kappa shape index (κ3) is 3.35. The van der Waals surface area contributed by atoms with Crippen LogP contribution in [0.4, 0.5) is 5.69 Å². The SMILES string of the molecule is Cc1ccc(NC(=O)CCn2c(=O)c(C)nc3ccccc32)cc1. The molecule has 122 valence electrons. The van der Waals surface area contributed by atoms with E-state index in [0.717, 1.165) is 22.3 Å². The molecule has 24 heavy (non-hydrogen) atoms. The molecule has 1 amide bonds. The average Bonchev–Trinajstić information content (AvgIpc) is 2.57. The number of amides is 1. The molecule has 1 aromatic heterocycles. The predicted molar refractivity (Wildman–Crippen MR) is 95.2 cm³/mol. The molecule has 0 spiro atoms. The summed E-state index contributed by atoms with van der Waals surface area (Å²) in [4.78, 5) is 28.8. The number of carbonyl (C=O) groups is 1. The second kappa shape index (κ2) is 6.66. The minimum Gasteiger partial charge on any atom is -0.326 e. The number of aromatic nitrogens is 2. The molecule has 3 rings (SSSR count). The molecule has 1 heterocycles. The average molecular weight is 321 g/mol. The highest BCUT2D eigenvalue weighted by atomic mass is 16.2. The van der Waals surface area contributed by atoms with Crippen LogP contribution in [0.3, 0.4) is 0 Å². The highest BCUT2D eigenvalue weighted by Gasteiger charge is 2.10. The van der Waals surface area contributed by atoms with Crippen molar-refractivity contribution in [2.24, 2.45) is 0 Å². The van der Waals surface area contributed by atoms with E-state index in [9.17, 15) is 9.59 Å². The predicted octanol–water partition coefficient (Wildman–Crippen LogP) is 3.04. The van der Waals surface area contributed by atoms with Gasteiger partial charge in [0.2, 0.25) is 5.91 Å². The van der Waals surface area contributed by atoms with Gasteiger partial charge in [-0.3, -0.25) is 9.59 Å². The highest BCUT2D eigenvalue weighted by molar-refractivity contribution is 5.90. The van der Waals surface area contributed by atoms with Crippen LogP contribution in [0, 0.1) is 13.8 Å². The summed E-state index contributed by atoms with van der Waals surface area (Å²) in [5.41, 5.74) is 3.68. The standard InChI is InChI=1S/C19H19N3O2/c1-13-7-9-15(10-8-13)21-18(23)11-12-22-17-6-4-3-5-16(17)20-14(2)19(22)24/h3-10H,11-12H2,1-2H3,(H,21,23). The van der Waals surface area contributed by atoms with Crippen LogP contribution in [0.2, 0.25) is 0 Å². The second-order valence-electron chi connectivity index (χ2n) is 5.81. The quantitative estimate of drug-likeness (QED) is 0.803. The molecule has 0 saturated carbocycles. The lowest BCUT2D eigenvalue weighted by Crippen LogP contribution is -2.26. The van der Waals surface area contributed by atoms with Gasteiger partial charge in [0.15, 0.2) is 0 Å².